The van der Waals surface area contributed by atoms with Gasteiger partial charge in [-0.15, -0.1) is 0 Å². The molecule has 0 saturated carbocycles. The van der Waals surface area contributed by atoms with Gasteiger partial charge in [-0.25, -0.2) is 0 Å². The van der Waals surface area contributed by atoms with E-state index in [9.17, 15) is 4.79 Å². The molecule has 0 aromatic heterocycles. The normalized spacial score (nSPS) is 19.2. The van der Waals surface area contributed by atoms with Crippen LogP contribution in [0.4, 0.5) is 0 Å². The number of amides is 1. The highest BCUT2D eigenvalue weighted by atomic mass is 16.5. The van der Waals surface area contributed by atoms with E-state index in [1.54, 1.807) is 14.2 Å². The Morgan fingerprint density at radius 3 is 2.42 bits per heavy atom. The number of carbonyl (C=O) groups is 1. The summed E-state index contributed by atoms with van der Waals surface area (Å²) in [6.45, 7) is 1.38. The molecule has 1 aliphatic rings. The molecule has 5 heteroatoms. The van der Waals surface area contributed by atoms with Gasteiger partial charge in [0, 0.05) is 25.8 Å². The fraction of sp³-hybridized carbons (Fsp3) is 0.381. The van der Waals surface area contributed by atoms with Crippen LogP contribution in [0.3, 0.4) is 0 Å². The van der Waals surface area contributed by atoms with Gasteiger partial charge in [-0.3, -0.25) is 4.79 Å². The van der Waals surface area contributed by atoms with Crippen molar-refractivity contribution >= 4 is 5.91 Å². The van der Waals surface area contributed by atoms with E-state index in [0.29, 0.717) is 18.9 Å². The molecule has 3 rings (SSSR count). The van der Waals surface area contributed by atoms with Crippen LogP contribution in [0.1, 0.15) is 24.4 Å². The van der Waals surface area contributed by atoms with E-state index in [1.807, 2.05) is 59.5 Å². The van der Waals surface area contributed by atoms with Crippen molar-refractivity contribution < 1.29 is 19.0 Å². The molecule has 2 aromatic rings. The zero-order chi connectivity index (χ0) is 18.4. The summed E-state index contributed by atoms with van der Waals surface area (Å²) >= 11 is 0. The summed E-state index contributed by atoms with van der Waals surface area (Å²) in [5, 5.41) is 0. The Hall–Kier alpha value is -2.53. The number of ether oxygens (including phenoxy) is 3. The number of benzene rings is 2. The van der Waals surface area contributed by atoms with Crippen LogP contribution >= 0.6 is 0 Å². The summed E-state index contributed by atoms with van der Waals surface area (Å²) < 4.78 is 16.6. The number of nitrogens with zero attached hydrogens (tertiary/aromatic N) is 1. The zero-order valence-electron chi connectivity index (χ0n) is 15.3. The Morgan fingerprint density at radius 2 is 1.69 bits per heavy atom. The lowest BCUT2D eigenvalue weighted by Crippen LogP contribution is -2.61. The van der Waals surface area contributed by atoms with E-state index in [4.69, 9.17) is 14.2 Å². The van der Waals surface area contributed by atoms with Crippen molar-refractivity contribution in [1.29, 1.82) is 0 Å². The first kappa shape index (κ1) is 18.3. The Kier molecular flexibility index (Phi) is 6.12. The molecular formula is C21H25NO4. The first-order valence-corrected chi connectivity index (χ1v) is 8.90. The second-order valence-electron chi connectivity index (χ2n) is 6.27. The van der Waals surface area contributed by atoms with Crippen LogP contribution < -0.4 is 9.47 Å². The number of para-hydroxylation sites is 2. The number of rotatable bonds is 9. The number of hydrogen-bond donors (Lipinski definition) is 0. The Labute approximate surface area is 154 Å². The molecule has 2 aromatic carbocycles. The smallest absolute Gasteiger partial charge is 0.266 e. The lowest BCUT2D eigenvalue weighted by molar-refractivity contribution is -0.164. The van der Waals surface area contributed by atoms with Crippen LogP contribution in [0.25, 0.3) is 0 Å². The van der Waals surface area contributed by atoms with Crippen molar-refractivity contribution in [2.75, 3.05) is 27.4 Å². The number of unbranched alkanes of at least 4 members (excludes halogenated alkanes) is 1. The van der Waals surface area contributed by atoms with E-state index in [0.717, 1.165) is 24.2 Å². The van der Waals surface area contributed by atoms with Gasteiger partial charge in [0.25, 0.3) is 5.91 Å². The monoisotopic (exact) mass is 355 g/mol. The van der Waals surface area contributed by atoms with Gasteiger partial charge < -0.3 is 19.1 Å². The molecule has 0 radical (unpaired) electrons. The molecule has 0 N–H and O–H groups in total. The van der Waals surface area contributed by atoms with Crippen LogP contribution in [-0.2, 0) is 9.53 Å². The summed E-state index contributed by atoms with van der Waals surface area (Å²) in [6.07, 6.45) is 1.28. The van der Waals surface area contributed by atoms with Crippen molar-refractivity contribution in [3.8, 4) is 11.5 Å². The molecule has 5 nitrogen and oxygen atoms in total. The number of methoxy groups -OCH3 is 2. The first-order valence-electron chi connectivity index (χ1n) is 8.90. The van der Waals surface area contributed by atoms with E-state index in [2.05, 4.69) is 0 Å². The molecule has 138 valence electrons. The zero-order valence-corrected chi connectivity index (χ0v) is 15.3. The van der Waals surface area contributed by atoms with Gasteiger partial charge >= 0.3 is 0 Å². The SMILES string of the molecule is COCCCCN1C(=O)[C@H](Oc2ccccc2)[C@H]1c1ccccc1OC. The van der Waals surface area contributed by atoms with Crippen LogP contribution in [0.15, 0.2) is 54.6 Å². The molecule has 0 bridgehead atoms. The maximum Gasteiger partial charge on any atom is 0.266 e. The fourth-order valence-electron chi connectivity index (χ4n) is 3.30. The van der Waals surface area contributed by atoms with Gasteiger partial charge in [0.1, 0.15) is 17.5 Å². The van der Waals surface area contributed by atoms with Gasteiger partial charge in [0.2, 0.25) is 6.10 Å². The minimum Gasteiger partial charge on any atom is -0.496 e. The quantitative estimate of drug-likeness (QED) is 0.511. The molecule has 1 aliphatic heterocycles. The summed E-state index contributed by atoms with van der Waals surface area (Å²) in [5.74, 6) is 1.49. The van der Waals surface area contributed by atoms with Crippen LogP contribution in [0, 0.1) is 0 Å². The number of likely N-dealkylation sites (tertiary alicyclic amines) is 1. The molecule has 0 spiro atoms. The largest absolute Gasteiger partial charge is 0.496 e. The molecule has 1 amide bonds. The molecule has 1 saturated heterocycles. The number of hydrogen-bond acceptors (Lipinski definition) is 4. The summed E-state index contributed by atoms with van der Waals surface area (Å²) in [7, 11) is 3.34. The van der Waals surface area contributed by atoms with Crippen LogP contribution in [0.2, 0.25) is 0 Å². The molecule has 0 unspecified atom stereocenters. The van der Waals surface area contributed by atoms with Gasteiger partial charge in [-0.05, 0) is 31.0 Å². The third-order valence-electron chi connectivity index (χ3n) is 4.61. The molecule has 0 aliphatic carbocycles. The highest BCUT2D eigenvalue weighted by molar-refractivity contribution is 5.89. The molecular weight excluding hydrogens is 330 g/mol. The van der Waals surface area contributed by atoms with Gasteiger partial charge in [0.05, 0.1) is 7.11 Å². The lowest BCUT2D eigenvalue weighted by Gasteiger charge is -2.47. The fourth-order valence-corrected chi connectivity index (χ4v) is 3.30. The van der Waals surface area contributed by atoms with Gasteiger partial charge in [-0.2, -0.15) is 0 Å². The van der Waals surface area contributed by atoms with Gasteiger partial charge in [0.15, 0.2) is 0 Å². The van der Waals surface area contributed by atoms with Crippen molar-refractivity contribution in [3.63, 3.8) is 0 Å². The second kappa shape index (κ2) is 8.72. The molecule has 1 fully saturated rings. The maximum atomic E-state index is 12.7. The molecule has 26 heavy (non-hydrogen) atoms. The van der Waals surface area contributed by atoms with Crippen LogP contribution in [0.5, 0.6) is 11.5 Å². The standard InChI is InChI=1S/C21H25NO4/c1-24-15-9-8-14-22-19(17-12-6-7-13-18(17)25-2)20(21(22)23)26-16-10-4-3-5-11-16/h3-7,10-13,19-20H,8-9,14-15H2,1-2H3/t19-,20-/m1/s1. The predicted molar refractivity (Wildman–Crippen MR) is 99.4 cm³/mol. The lowest BCUT2D eigenvalue weighted by atomic mass is 9.89. The third-order valence-corrected chi connectivity index (χ3v) is 4.61. The maximum absolute atomic E-state index is 12.7. The van der Waals surface area contributed by atoms with Crippen molar-refractivity contribution in [3.05, 3.63) is 60.2 Å². The van der Waals surface area contributed by atoms with E-state index in [1.165, 1.54) is 0 Å². The first-order chi connectivity index (χ1) is 12.8. The van der Waals surface area contributed by atoms with Crippen molar-refractivity contribution in [2.45, 2.75) is 25.0 Å². The van der Waals surface area contributed by atoms with Crippen LogP contribution in [-0.4, -0.2) is 44.3 Å². The highest BCUT2D eigenvalue weighted by Crippen LogP contribution is 2.41. The Bertz CT molecular complexity index is 719. The average molecular weight is 355 g/mol. The summed E-state index contributed by atoms with van der Waals surface area (Å²) in [4.78, 5) is 14.6. The van der Waals surface area contributed by atoms with E-state index >= 15 is 0 Å². The molecule has 1 heterocycles. The minimum atomic E-state index is -0.531. The van der Waals surface area contributed by atoms with Crippen molar-refractivity contribution in [1.82, 2.24) is 4.90 Å². The molecule has 2 atom stereocenters. The number of β-lactam (4-membered cyclic amide) rings is 1. The predicted octanol–water partition coefficient (Wildman–Crippen LogP) is 3.45. The average Bonchev–Trinajstić information content (AvgIpc) is 2.69. The van der Waals surface area contributed by atoms with E-state index in [-0.39, 0.29) is 11.9 Å². The van der Waals surface area contributed by atoms with Crippen molar-refractivity contribution in [2.24, 2.45) is 0 Å². The Morgan fingerprint density at radius 1 is 0.962 bits per heavy atom. The summed E-state index contributed by atoms with van der Waals surface area (Å²) in [5.41, 5.74) is 0.974. The third kappa shape index (κ3) is 3.83. The Balaban J connectivity index is 1.80. The minimum absolute atomic E-state index is 0.0159. The van der Waals surface area contributed by atoms with E-state index < -0.39 is 6.10 Å². The highest BCUT2D eigenvalue weighted by Gasteiger charge is 2.50. The van der Waals surface area contributed by atoms with Gasteiger partial charge in [-0.1, -0.05) is 36.4 Å². The number of carbonyl (C=O) groups excluding carboxylic acids is 1. The topological polar surface area (TPSA) is 48.0 Å². The summed E-state index contributed by atoms with van der Waals surface area (Å²) in [6, 6.07) is 17.1. The second-order valence-corrected chi connectivity index (χ2v) is 6.27.